The average molecular weight is 902 g/mol. The smallest absolute Gasteiger partial charge is 0.280 e. The second-order valence-corrected chi connectivity index (χ2v) is 16.2. The summed E-state index contributed by atoms with van der Waals surface area (Å²) in [5.74, 6) is 0.922. The molecule has 25 heteroatoms. The van der Waals surface area contributed by atoms with Crippen LogP contribution < -0.4 is 34.1 Å². The molecular weight excluding hydrogens is 847 g/mol. The molecule has 10 heterocycles. The molecule has 10 aromatic rings. The summed E-state index contributed by atoms with van der Waals surface area (Å²) >= 11 is 0. The normalized spacial score (nSPS) is 11.3. The molecule has 0 unspecified atom stereocenters. The van der Waals surface area contributed by atoms with Crippen LogP contribution in [0.25, 0.3) is 55.7 Å². The van der Waals surface area contributed by atoms with Gasteiger partial charge in [0.2, 0.25) is 5.95 Å². The third-order valence-corrected chi connectivity index (χ3v) is 9.86. The molecule has 0 spiro atoms. The first-order chi connectivity index (χ1) is 31.4. The van der Waals surface area contributed by atoms with E-state index in [9.17, 15) is 9.59 Å². The van der Waals surface area contributed by atoms with Gasteiger partial charge in [0.15, 0.2) is 50.8 Å². The highest BCUT2D eigenvalue weighted by Crippen LogP contribution is 2.23. The van der Waals surface area contributed by atoms with Crippen molar-refractivity contribution in [2.24, 2.45) is 0 Å². The van der Waals surface area contributed by atoms with Crippen molar-refractivity contribution in [3.63, 3.8) is 0 Å². The van der Waals surface area contributed by atoms with Crippen molar-refractivity contribution in [2.45, 2.75) is 99.4 Å². The predicted molar refractivity (Wildman–Crippen MR) is 254 cm³/mol. The van der Waals surface area contributed by atoms with Crippen LogP contribution in [0.15, 0.2) is 72.1 Å². The molecule has 0 radical (unpaired) electrons. The van der Waals surface area contributed by atoms with Gasteiger partial charge in [0.1, 0.15) is 23.8 Å². The number of pyridine rings is 1. The van der Waals surface area contributed by atoms with Gasteiger partial charge in [-0.15, -0.1) is 5.10 Å². The number of H-pyrrole nitrogens is 2. The lowest BCUT2D eigenvalue weighted by molar-refractivity contribution is 0.526. The van der Waals surface area contributed by atoms with Crippen molar-refractivity contribution in [1.29, 1.82) is 0 Å². The van der Waals surface area contributed by atoms with Gasteiger partial charge in [0.25, 0.3) is 11.1 Å². The lowest BCUT2D eigenvalue weighted by atomic mass is 10.3. The van der Waals surface area contributed by atoms with Crippen LogP contribution in [-0.2, 0) is 0 Å². The van der Waals surface area contributed by atoms with Crippen LogP contribution >= 0.6 is 0 Å². The predicted octanol–water partition coefficient (Wildman–Crippen LogP) is 4.56. The summed E-state index contributed by atoms with van der Waals surface area (Å²) in [6.07, 6.45) is 13.0. The number of nitrogens with one attached hydrogen (secondary N) is 2. The number of nitrogens with zero attached hydrogens (tertiary/aromatic N) is 17. The maximum Gasteiger partial charge on any atom is 0.280 e. The summed E-state index contributed by atoms with van der Waals surface area (Å²) in [5.41, 5.74) is 28.4. The van der Waals surface area contributed by atoms with Gasteiger partial charge in [0.05, 0.1) is 31.4 Å². The lowest BCUT2D eigenvalue weighted by Gasteiger charge is -2.07. The van der Waals surface area contributed by atoms with E-state index < -0.39 is 0 Å². The number of hydrogen-bond donors (Lipinski definition) is 6. The molecular formula is C41H55N23O2. The second-order valence-electron chi connectivity index (χ2n) is 16.2. The van der Waals surface area contributed by atoms with Gasteiger partial charge >= 0.3 is 0 Å². The third-order valence-electron chi connectivity index (χ3n) is 9.86. The SMILES string of the molecule is CC(C)n1ccc2c(N)ccnc21.CC(C)n1cnc2c(=O)[nH]c(N)nc21.CC(C)n1cnc2c(=O)[nH]cnc21.CC(C)n1cnc2c(N)ncnc21.CC(C)n1nnc2c(N)ncnc21. The van der Waals surface area contributed by atoms with Crippen molar-refractivity contribution in [3.05, 3.63) is 83.2 Å². The standard InChI is InChI=1S/C10H13N3.C8H11N5O.C8H11N5.C8H10N4O.C7H10N6/c1-7(2)13-6-4-8-9(11)3-5-12-10(8)13;1-4(2)13-3-10-5-6(13)11-8(9)12-7(5)14;1-5(2)13-4-12-6-7(9)10-3-11-8(6)13;1-5(2)12-4-11-6-7(12)9-3-10-8(6)13;1-4(2)13-7-5(11-12-13)6(8)9-3-10-7/h3-7H,1-2H3,(H2,11,12);3-4H,1-2H3,(H3,9,11,12,14);3-5H,1-2H3,(H2,9,10,11);3-5H,1-2H3,(H,9,10,13);3-4H,1-2H3,(H2,8,9,10). The number of hydrogen-bond acceptors (Lipinski definition) is 18. The van der Waals surface area contributed by atoms with Crippen molar-refractivity contribution in [3.8, 4) is 0 Å². The third kappa shape index (κ3) is 10.0. The van der Waals surface area contributed by atoms with Crippen LogP contribution in [0.4, 0.5) is 23.3 Å². The first-order valence-electron chi connectivity index (χ1n) is 21.0. The maximum absolute atomic E-state index is 11.4. The van der Waals surface area contributed by atoms with E-state index in [0.29, 0.717) is 62.7 Å². The fraction of sp³-hybridized carbons (Fsp3) is 0.366. The molecule has 25 nitrogen and oxygen atoms in total. The topological polar surface area (TPSA) is 349 Å². The lowest BCUT2D eigenvalue weighted by Crippen LogP contribution is -2.12. The quantitative estimate of drug-likeness (QED) is 0.138. The van der Waals surface area contributed by atoms with E-state index in [-0.39, 0.29) is 35.2 Å². The van der Waals surface area contributed by atoms with Gasteiger partial charge in [0, 0.05) is 47.6 Å². The van der Waals surface area contributed by atoms with Crippen LogP contribution in [0.2, 0.25) is 0 Å². The molecule has 0 amide bonds. The van der Waals surface area contributed by atoms with Crippen LogP contribution in [0.1, 0.15) is 99.4 Å². The van der Waals surface area contributed by atoms with Crippen LogP contribution in [0.3, 0.4) is 0 Å². The van der Waals surface area contributed by atoms with Gasteiger partial charge < -0.3 is 46.2 Å². The summed E-state index contributed by atoms with van der Waals surface area (Å²) < 4.78 is 9.47. The summed E-state index contributed by atoms with van der Waals surface area (Å²) in [4.78, 5) is 68.0. The summed E-state index contributed by atoms with van der Waals surface area (Å²) in [6.45, 7) is 20.4. The second kappa shape index (κ2) is 20.0. The Labute approximate surface area is 376 Å². The minimum absolute atomic E-state index is 0.116. The van der Waals surface area contributed by atoms with E-state index in [4.69, 9.17) is 22.9 Å². The molecule has 0 aliphatic rings. The number of nitrogen functional groups attached to an aromatic ring is 4. The molecule has 0 fully saturated rings. The highest BCUT2D eigenvalue weighted by atomic mass is 16.1. The molecule has 10 N–H and O–H groups in total. The van der Waals surface area contributed by atoms with Crippen LogP contribution in [0, 0.1) is 0 Å². The Hall–Kier alpha value is -8.38. The zero-order valence-electron chi connectivity index (χ0n) is 38.4. The van der Waals surface area contributed by atoms with E-state index in [1.54, 1.807) is 34.4 Å². The average Bonchev–Trinajstić information content (AvgIpc) is 4.11. The summed E-state index contributed by atoms with van der Waals surface area (Å²) in [6, 6.07) is 5.28. The Morgan fingerprint density at radius 1 is 0.515 bits per heavy atom. The number of fused-ring (bicyclic) bond motifs is 5. The molecule has 0 atom stereocenters. The molecule has 0 aliphatic carbocycles. The minimum atomic E-state index is -0.299. The molecule has 0 aliphatic heterocycles. The molecule has 0 bridgehead atoms. The van der Waals surface area contributed by atoms with Crippen LogP contribution in [-0.4, -0.2) is 93.1 Å². The fourth-order valence-corrected chi connectivity index (χ4v) is 6.43. The molecule has 10 aromatic heterocycles. The van der Waals surface area contributed by atoms with Crippen LogP contribution in [0.5, 0.6) is 0 Å². The van der Waals surface area contributed by atoms with E-state index >= 15 is 0 Å². The first-order valence-corrected chi connectivity index (χ1v) is 21.0. The van der Waals surface area contributed by atoms with Crippen molar-refractivity contribution in [1.82, 2.24) is 93.1 Å². The summed E-state index contributed by atoms with van der Waals surface area (Å²) in [7, 11) is 0. The van der Waals surface area contributed by atoms with Crippen molar-refractivity contribution in [2.75, 3.05) is 22.9 Å². The zero-order chi connectivity index (χ0) is 48.0. The Morgan fingerprint density at radius 3 is 1.64 bits per heavy atom. The minimum Gasteiger partial charge on any atom is -0.398 e. The summed E-state index contributed by atoms with van der Waals surface area (Å²) in [5, 5.41) is 8.88. The molecule has 346 valence electrons. The van der Waals surface area contributed by atoms with Gasteiger partial charge in [-0.25, -0.2) is 49.5 Å². The Morgan fingerprint density at radius 2 is 1.05 bits per heavy atom. The van der Waals surface area contributed by atoms with Gasteiger partial charge in [-0.05, 0) is 81.4 Å². The number of nitrogens with two attached hydrogens (primary N) is 4. The number of aromatic amines is 2. The largest absolute Gasteiger partial charge is 0.398 e. The van der Waals surface area contributed by atoms with E-state index in [2.05, 4.69) is 102 Å². The number of aromatic nitrogens is 19. The maximum atomic E-state index is 11.4. The molecule has 0 saturated heterocycles. The molecule has 66 heavy (non-hydrogen) atoms. The zero-order valence-corrected chi connectivity index (χ0v) is 38.4. The molecule has 0 aromatic carbocycles. The highest BCUT2D eigenvalue weighted by molar-refractivity contribution is 5.88. The van der Waals surface area contributed by atoms with E-state index in [1.165, 1.54) is 19.0 Å². The Kier molecular flexibility index (Phi) is 14.3. The first kappa shape index (κ1) is 47.1. The Bertz CT molecular complexity index is 3130. The van der Waals surface area contributed by atoms with Crippen molar-refractivity contribution >= 4 is 79.0 Å². The Balaban J connectivity index is 0.000000136. The monoisotopic (exact) mass is 901 g/mol. The van der Waals surface area contributed by atoms with Gasteiger partial charge in [-0.1, -0.05) is 5.21 Å². The molecule has 10 rings (SSSR count). The van der Waals surface area contributed by atoms with E-state index in [1.807, 2.05) is 69.0 Å². The number of imidazole rings is 3. The van der Waals surface area contributed by atoms with Gasteiger partial charge in [-0.2, -0.15) is 4.98 Å². The van der Waals surface area contributed by atoms with Crippen molar-refractivity contribution < 1.29 is 0 Å². The number of rotatable bonds is 5. The highest BCUT2D eigenvalue weighted by Gasteiger charge is 2.13. The molecule has 0 saturated carbocycles. The fourth-order valence-electron chi connectivity index (χ4n) is 6.43. The van der Waals surface area contributed by atoms with Gasteiger partial charge in [-0.3, -0.25) is 14.6 Å². The number of anilines is 4. The van der Waals surface area contributed by atoms with E-state index in [0.717, 1.165) is 22.4 Å².